The number of halogens is 1. The molecule has 0 aliphatic carbocycles. The third-order valence-corrected chi connectivity index (χ3v) is 4.68. The molecule has 100 valence electrons. The van der Waals surface area contributed by atoms with Crippen LogP contribution in [0.4, 0.5) is 5.69 Å². The topological polar surface area (TPSA) is 57.6 Å². The first kappa shape index (κ1) is 13.7. The third kappa shape index (κ3) is 2.83. The maximum Gasteiger partial charge on any atom is 0.264 e. The van der Waals surface area contributed by atoms with Crippen LogP contribution >= 0.6 is 11.6 Å². The summed E-state index contributed by atoms with van der Waals surface area (Å²) in [5, 5.41) is 9.57. The van der Waals surface area contributed by atoms with Crippen LogP contribution in [-0.4, -0.2) is 20.6 Å². The number of anilines is 1. The summed E-state index contributed by atoms with van der Waals surface area (Å²) in [6.07, 6.45) is 0. The fourth-order valence-electron chi connectivity index (χ4n) is 1.59. The molecule has 0 saturated carbocycles. The first-order valence-electron chi connectivity index (χ1n) is 5.45. The van der Waals surface area contributed by atoms with Crippen molar-refractivity contribution in [2.45, 2.75) is 4.90 Å². The highest BCUT2D eigenvalue weighted by Crippen LogP contribution is 2.25. The molecule has 0 heterocycles. The molecule has 0 aromatic heterocycles. The average molecular weight is 298 g/mol. The molecule has 2 rings (SSSR count). The van der Waals surface area contributed by atoms with Crippen molar-refractivity contribution < 1.29 is 13.5 Å². The minimum Gasteiger partial charge on any atom is -0.508 e. The Labute approximate surface area is 116 Å². The highest BCUT2D eigenvalue weighted by atomic mass is 35.5. The van der Waals surface area contributed by atoms with E-state index in [9.17, 15) is 13.5 Å². The minimum absolute atomic E-state index is 0.0808. The zero-order valence-corrected chi connectivity index (χ0v) is 11.7. The molecule has 0 saturated heterocycles. The molecule has 0 amide bonds. The molecule has 1 N–H and O–H groups in total. The standard InChI is InChI=1S/C13H12ClNO3S/c1-15(11-5-7-12(16)8-6-11)19(17,18)13-4-2-3-10(14)9-13/h2-9,16H,1H3. The Morgan fingerprint density at radius 3 is 2.32 bits per heavy atom. The van der Waals surface area contributed by atoms with E-state index < -0.39 is 10.0 Å². The van der Waals surface area contributed by atoms with Gasteiger partial charge in [0.25, 0.3) is 10.0 Å². The van der Waals surface area contributed by atoms with Crippen LogP contribution in [0.2, 0.25) is 5.02 Å². The second kappa shape index (κ2) is 5.11. The van der Waals surface area contributed by atoms with E-state index in [2.05, 4.69) is 0 Å². The number of phenols is 1. The van der Waals surface area contributed by atoms with E-state index in [4.69, 9.17) is 11.6 Å². The summed E-state index contributed by atoms with van der Waals surface area (Å²) in [5.74, 6) is 0.0808. The van der Waals surface area contributed by atoms with Gasteiger partial charge in [0, 0.05) is 12.1 Å². The molecule has 0 unspecified atom stereocenters. The van der Waals surface area contributed by atoms with Crippen molar-refractivity contribution in [1.29, 1.82) is 0 Å². The van der Waals surface area contributed by atoms with E-state index in [0.717, 1.165) is 4.31 Å². The molecular formula is C13H12ClNO3S. The summed E-state index contributed by atoms with van der Waals surface area (Å²) >= 11 is 5.81. The maximum absolute atomic E-state index is 12.4. The Kier molecular flexibility index (Phi) is 3.68. The Balaban J connectivity index is 2.42. The van der Waals surface area contributed by atoms with Crippen LogP contribution in [0.15, 0.2) is 53.4 Å². The summed E-state index contributed by atoms with van der Waals surface area (Å²) in [5.41, 5.74) is 0.456. The van der Waals surface area contributed by atoms with Crippen molar-refractivity contribution in [1.82, 2.24) is 0 Å². The number of nitrogens with zero attached hydrogens (tertiary/aromatic N) is 1. The number of benzene rings is 2. The Bertz CT molecular complexity index is 683. The Morgan fingerprint density at radius 1 is 1.11 bits per heavy atom. The van der Waals surface area contributed by atoms with Crippen LogP contribution in [0.5, 0.6) is 5.75 Å². The fraction of sp³-hybridized carbons (Fsp3) is 0.0769. The normalized spacial score (nSPS) is 11.3. The molecule has 0 aliphatic heterocycles. The molecule has 2 aromatic rings. The van der Waals surface area contributed by atoms with E-state index in [1.807, 2.05) is 0 Å². The number of rotatable bonds is 3. The molecule has 0 aliphatic rings. The average Bonchev–Trinajstić information content (AvgIpc) is 2.39. The first-order valence-corrected chi connectivity index (χ1v) is 7.26. The molecule has 0 radical (unpaired) electrons. The largest absolute Gasteiger partial charge is 0.508 e. The van der Waals surface area contributed by atoms with Gasteiger partial charge >= 0.3 is 0 Å². The lowest BCUT2D eigenvalue weighted by Crippen LogP contribution is -2.26. The van der Waals surface area contributed by atoms with Crippen molar-refractivity contribution in [2.24, 2.45) is 0 Å². The fourth-order valence-corrected chi connectivity index (χ4v) is 3.08. The van der Waals surface area contributed by atoms with Crippen LogP contribution < -0.4 is 4.31 Å². The molecular weight excluding hydrogens is 286 g/mol. The number of hydrogen-bond donors (Lipinski definition) is 1. The Hall–Kier alpha value is -1.72. The molecule has 0 fully saturated rings. The molecule has 4 nitrogen and oxygen atoms in total. The van der Waals surface area contributed by atoms with Gasteiger partial charge in [0.15, 0.2) is 0 Å². The smallest absolute Gasteiger partial charge is 0.264 e. The minimum atomic E-state index is -3.66. The molecule has 0 bridgehead atoms. The van der Waals surface area contributed by atoms with Gasteiger partial charge in [-0.05, 0) is 42.5 Å². The lowest BCUT2D eigenvalue weighted by Gasteiger charge is -2.19. The van der Waals surface area contributed by atoms with Gasteiger partial charge in [0.2, 0.25) is 0 Å². The summed E-state index contributed by atoms with van der Waals surface area (Å²) in [6, 6.07) is 12.0. The number of sulfonamides is 1. The van der Waals surface area contributed by atoms with E-state index in [-0.39, 0.29) is 10.6 Å². The van der Waals surface area contributed by atoms with Gasteiger partial charge in [0.05, 0.1) is 10.6 Å². The Morgan fingerprint density at radius 2 is 1.74 bits per heavy atom. The number of phenolic OH excluding ortho intramolecular Hbond substituents is 1. The molecule has 6 heteroatoms. The lowest BCUT2D eigenvalue weighted by molar-refractivity contribution is 0.475. The van der Waals surface area contributed by atoms with E-state index >= 15 is 0 Å². The van der Waals surface area contributed by atoms with Crippen molar-refractivity contribution in [3.63, 3.8) is 0 Å². The van der Waals surface area contributed by atoms with Gasteiger partial charge in [-0.15, -0.1) is 0 Å². The van der Waals surface area contributed by atoms with Crippen LogP contribution in [0.3, 0.4) is 0 Å². The number of aromatic hydroxyl groups is 1. The lowest BCUT2D eigenvalue weighted by atomic mass is 10.3. The van der Waals surface area contributed by atoms with E-state index in [1.165, 1.54) is 43.4 Å². The van der Waals surface area contributed by atoms with Gasteiger partial charge in [-0.2, -0.15) is 0 Å². The van der Waals surface area contributed by atoms with Gasteiger partial charge in [-0.1, -0.05) is 17.7 Å². The van der Waals surface area contributed by atoms with E-state index in [1.54, 1.807) is 12.1 Å². The molecule has 2 aromatic carbocycles. The summed E-state index contributed by atoms with van der Waals surface area (Å²) in [4.78, 5) is 0.121. The number of hydrogen-bond acceptors (Lipinski definition) is 3. The molecule has 19 heavy (non-hydrogen) atoms. The highest BCUT2D eigenvalue weighted by Gasteiger charge is 2.21. The van der Waals surface area contributed by atoms with Crippen LogP contribution in [0.25, 0.3) is 0 Å². The van der Waals surface area contributed by atoms with Gasteiger partial charge < -0.3 is 5.11 Å². The first-order chi connectivity index (χ1) is 8.91. The van der Waals surface area contributed by atoms with Gasteiger partial charge in [0.1, 0.15) is 5.75 Å². The van der Waals surface area contributed by atoms with Gasteiger partial charge in [-0.25, -0.2) is 8.42 Å². The van der Waals surface area contributed by atoms with Crippen molar-refractivity contribution in [3.8, 4) is 5.75 Å². The predicted octanol–water partition coefficient (Wildman–Crippen LogP) is 2.87. The molecule has 0 atom stereocenters. The third-order valence-electron chi connectivity index (χ3n) is 2.67. The van der Waals surface area contributed by atoms with Crippen LogP contribution in [0, 0.1) is 0 Å². The zero-order chi connectivity index (χ0) is 14.0. The SMILES string of the molecule is CN(c1ccc(O)cc1)S(=O)(=O)c1cccc(Cl)c1. The quantitative estimate of drug-likeness (QED) is 0.948. The maximum atomic E-state index is 12.4. The summed E-state index contributed by atoms with van der Waals surface area (Å²) < 4.78 is 25.9. The zero-order valence-electron chi connectivity index (χ0n) is 10.1. The highest BCUT2D eigenvalue weighted by molar-refractivity contribution is 7.92. The monoisotopic (exact) mass is 297 g/mol. The van der Waals surface area contributed by atoms with Crippen molar-refractivity contribution >= 4 is 27.3 Å². The predicted molar refractivity (Wildman–Crippen MR) is 75.1 cm³/mol. The van der Waals surface area contributed by atoms with Crippen LogP contribution in [-0.2, 0) is 10.0 Å². The van der Waals surface area contributed by atoms with Crippen molar-refractivity contribution in [3.05, 3.63) is 53.6 Å². The second-order valence-electron chi connectivity index (χ2n) is 3.95. The second-order valence-corrected chi connectivity index (χ2v) is 6.35. The summed E-state index contributed by atoms with van der Waals surface area (Å²) in [6.45, 7) is 0. The van der Waals surface area contributed by atoms with Crippen LogP contribution in [0.1, 0.15) is 0 Å². The van der Waals surface area contributed by atoms with Gasteiger partial charge in [-0.3, -0.25) is 4.31 Å². The molecule has 0 spiro atoms. The van der Waals surface area contributed by atoms with Crippen molar-refractivity contribution in [2.75, 3.05) is 11.4 Å². The van der Waals surface area contributed by atoms with E-state index in [0.29, 0.717) is 10.7 Å². The summed E-state index contributed by atoms with van der Waals surface area (Å²) in [7, 11) is -2.21.